The summed E-state index contributed by atoms with van der Waals surface area (Å²) < 4.78 is 18.0. The molecular weight excluding hydrogens is 435 g/mol. The molecule has 0 amide bonds. The summed E-state index contributed by atoms with van der Waals surface area (Å²) in [6, 6.07) is 20.4. The van der Waals surface area contributed by atoms with Crippen molar-refractivity contribution in [3.05, 3.63) is 111 Å². The van der Waals surface area contributed by atoms with E-state index < -0.39 is 5.82 Å². The van der Waals surface area contributed by atoms with Crippen molar-refractivity contribution in [3.63, 3.8) is 0 Å². The highest BCUT2D eigenvalue weighted by Crippen LogP contribution is 2.29. The Bertz CT molecular complexity index is 1630. The molecule has 5 rings (SSSR count). The predicted octanol–water partition coefficient (Wildman–Crippen LogP) is 3.66. The van der Waals surface area contributed by atoms with Crippen molar-refractivity contribution in [2.75, 3.05) is 0 Å². The van der Waals surface area contributed by atoms with Crippen LogP contribution in [0.3, 0.4) is 0 Å². The zero-order valence-corrected chi connectivity index (χ0v) is 18.4. The largest absolute Gasteiger partial charge is 0.388 e. The summed E-state index contributed by atoms with van der Waals surface area (Å²) >= 11 is 0. The SMILES string of the molecule is CCn1c(CO)nn(-c2ccc3c(=O)n(-c4cccc(F)c4)cc(-c4ccccc4)c3c2)c1=O. The molecule has 0 saturated carbocycles. The molecule has 0 fully saturated rings. The number of aliphatic hydroxyl groups excluding tert-OH is 1. The average molecular weight is 456 g/mol. The third kappa shape index (κ3) is 3.54. The maximum atomic E-state index is 13.9. The first kappa shape index (κ1) is 21.5. The molecule has 0 atom stereocenters. The lowest BCUT2D eigenvalue weighted by molar-refractivity contribution is 0.264. The number of pyridine rings is 1. The van der Waals surface area contributed by atoms with Crippen LogP contribution >= 0.6 is 0 Å². The van der Waals surface area contributed by atoms with Crippen LogP contribution in [0.1, 0.15) is 12.7 Å². The van der Waals surface area contributed by atoms with E-state index in [1.54, 1.807) is 43.5 Å². The molecule has 0 radical (unpaired) electrons. The van der Waals surface area contributed by atoms with Crippen LogP contribution in [0.15, 0.2) is 88.6 Å². The smallest absolute Gasteiger partial charge is 0.350 e. The van der Waals surface area contributed by atoms with Gasteiger partial charge in [0.25, 0.3) is 5.56 Å². The van der Waals surface area contributed by atoms with E-state index in [0.717, 1.165) is 11.1 Å². The van der Waals surface area contributed by atoms with Crippen molar-refractivity contribution in [2.45, 2.75) is 20.1 Å². The Balaban J connectivity index is 1.82. The predicted molar refractivity (Wildman–Crippen MR) is 128 cm³/mol. The molecule has 0 bridgehead atoms. The lowest BCUT2D eigenvalue weighted by Gasteiger charge is -2.14. The number of nitrogens with zero attached hydrogens (tertiary/aromatic N) is 4. The average Bonchev–Trinajstić information content (AvgIpc) is 3.19. The molecule has 5 aromatic rings. The Morgan fingerprint density at radius 3 is 2.38 bits per heavy atom. The Labute approximate surface area is 193 Å². The Morgan fingerprint density at radius 2 is 1.71 bits per heavy atom. The second-order valence-corrected chi connectivity index (χ2v) is 7.81. The van der Waals surface area contributed by atoms with Gasteiger partial charge in [-0.25, -0.2) is 9.18 Å². The molecule has 2 heterocycles. The standard InChI is InChI=1S/C26H21FN4O3/c1-2-29-24(16-32)28-31(26(29)34)20-11-12-21-22(14-20)23(17-7-4-3-5-8-17)15-30(25(21)33)19-10-6-9-18(27)13-19/h3-15,32H,2,16H2,1H3. The third-order valence-electron chi connectivity index (χ3n) is 5.81. The molecule has 7 nitrogen and oxygen atoms in total. The molecule has 0 spiro atoms. The van der Waals surface area contributed by atoms with Gasteiger partial charge in [0.05, 0.1) is 11.4 Å². The Kier molecular flexibility index (Phi) is 5.43. The van der Waals surface area contributed by atoms with Crippen LogP contribution in [0.4, 0.5) is 4.39 Å². The topological polar surface area (TPSA) is 82.0 Å². The number of benzene rings is 3. The van der Waals surface area contributed by atoms with E-state index in [0.29, 0.717) is 28.7 Å². The van der Waals surface area contributed by atoms with Crippen LogP contribution in [-0.4, -0.2) is 24.0 Å². The monoisotopic (exact) mass is 456 g/mol. The Morgan fingerprint density at radius 1 is 0.912 bits per heavy atom. The van der Waals surface area contributed by atoms with Gasteiger partial charge in [-0.1, -0.05) is 36.4 Å². The fourth-order valence-corrected chi connectivity index (χ4v) is 4.17. The minimum atomic E-state index is -0.438. The molecule has 0 aliphatic rings. The zero-order valence-electron chi connectivity index (χ0n) is 18.4. The minimum Gasteiger partial charge on any atom is -0.388 e. The van der Waals surface area contributed by atoms with Gasteiger partial charge in [0.15, 0.2) is 5.82 Å². The third-order valence-corrected chi connectivity index (χ3v) is 5.81. The fraction of sp³-hybridized carbons (Fsp3) is 0.115. The van der Waals surface area contributed by atoms with Gasteiger partial charge in [-0.2, -0.15) is 4.68 Å². The summed E-state index contributed by atoms with van der Waals surface area (Å²) in [5, 5.41) is 14.9. The van der Waals surface area contributed by atoms with E-state index in [2.05, 4.69) is 5.10 Å². The summed E-state index contributed by atoms with van der Waals surface area (Å²) in [5.41, 5.74) is 1.80. The molecule has 1 N–H and O–H groups in total. The molecule has 0 unspecified atom stereocenters. The molecule has 8 heteroatoms. The highest BCUT2D eigenvalue weighted by atomic mass is 19.1. The van der Waals surface area contributed by atoms with Gasteiger partial charge in [0.1, 0.15) is 12.4 Å². The van der Waals surface area contributed by atoms with Crippen LogP contribution in [-0.2, 0) is 13.2 Å². The van der Waals surface area contributed by atoms with Gasteiger partial charge < -0.3 is 5.11 Å². The molecule has 2 aromatic heterocycles. The van der Waals surface area contributed by atoms with Gasteiger partial charge >= 0.3 is 5.69 Å². The van der Waals surface area contributed by atoms with Gasteiger partial charge in [0, 0.05) is 23.7 Å². The van der Waals surface area contributed by atoms with Crippen LogP contribution < -0.4 is 11.2 Å². The fourth-order valence-electron chi connectivity index (χ4n) is 4.17. The van der Waals surface area contributed by atoms with Crippen LogP contribution in [0, 0.1) is 5.82 Å². The summed E-state index contributed by atoms with van der Waals surface area (Å²) in [6.07, 6.45) is 1.69. The van der Waals surface area contributed by atoms with Crippen molar-refractivity contribution in [1.82, 2.24) is 18.9 Å². The van der Waals surface area contributed by atoms with E-state index in [9.17, 15) is 19.1 Å². The number of halogens is 1. The first-order valence-electron chi connectivity index (χ1n) is 10.8. The summed E-state index contributed by atoms with van der Waals surface area (Å²) in [5.74, 6) is -0.177. The number of rotatable bonds is 5. The normalized spacial score (nSPS) is 11.3. The second-order valence-electron chi connectivity index (χ2n) is 7.81. The molecular formula is C26H21FN4O3. The van der Waals surface area contributed by atoms with E-state index in [1.807, 2.05) is 30.3 Å². The molecule has 3 aromatic carbocycles. The lowest BCUT2D eigenvalue weighted by atomic mass is 10.00. The first-order chi connectivity index (χ1) is 16.5. The maximum absolute atomic E-state index is 13.9. The van der Waals surface area contributed by atoms with Gasteiger partial charge in [-0.05, 0) is 54.3 Å². The van der Waals surface area contributed by atoms with E-state index >= 15 is 0 Å². The summed E-state index contributed by atoms with van der Waals surface area (Å²) in [4.78, 5) is 26.3. The zero-order chi connectivity index (χ0) is 23.8. The van der Waals surface area contributed by atoms with Gasteiger partial charge in [0.2, 0.25) is 0 Å². The number of aromatic nitrogens is 4. The second kappa shape index (κ2) is 8.57. The number of aliphatic hydroxyl groups is 1. The summed E-state index contributed by atoms with van der Waals surface area (Å²) in [6.45, 7) is 1.81. The molecule has 0 aliphatic heterocycles. The van der Waals surface area contributed by atoms with Gasteiger partial charge in [-0.3, -0.25) is 13.9 Å². The van der Waals surface area contributed by atoms with Gasteiger partial charge in [-0.15, -0.1) is 5.10 Å². The van der Waals surface area contributed by atoms with Crippen molar-refractivity contribution in [3.8, 4) is 22.5 Å². The van der Waals surface area contributed by atoms with Crippen LogP contribution in [0.5, 0.6) is 0 Å². The quantitative estimate of drug-likeness (QED) is 0.438. The van der Waals surface area contributed by atoms with Crippen LogP contribution in [0.25, 0.3) is 33.3 Å². The van der Waals surface area contributed by atoms with E-state index in [4.69, 9.17) is 0 Å². The van der Waals surface area contributed by atoms with Crippen molar-refractivity contribution < 1.29 is 9.50 Å². The van der Waals surface area contributed by atoms with E-state index in [-0.39, 0.29) is 23.7 Å². The van der Waals surface area contributed by atoms with E-state index in [1.165, 1.54) is 25.9 Å². The maximum Gasteiger partial charge on any atom is 0.350 e. The molecule has 0 aliphatic carbocycles. The van der Waals surface area contributed by atoms with Crippen molar-refractivity contribution >= 4 is 10.8 Å². The molecule has 34 heavy (non-hydrogen) atoms. The first-order valence-corrected chi connectivity index (χ1v) is 10.8. The van der Waals surface area contributed by atoms with Crippen LogP contribution in [0.2, 0.25) is 0 Å². The Hall–Kier alpha value is -4.30. The number of fused-ring (bicyclic) bond motifs is 1. The highest BCUT2D eigenvalue weighted by Gasteiger charge is 2.16. The number of hydrogen-bond donors (Lipinski definition) is 1. The van der Waals surface area contributed by atoms with Crippen molar-refractivity contribution in [1.29, 1.82) is 0 Å². The molecule has 170 valence electrons. The summed E-state index contributed by atoms with van der Waals surface area (Å²) in [7, 11) is 0. The van der Waals surface area contributed by atoms with Crippen molar-refractivity contribution in [2.24, 2.45) is 0 Å². The lowest BCUT2D eigenvalue weighted by Crippen LogP contribution is -2.24. The highest BCUT2D eigenvalue weighted by molar-refractivity contribution is 5.97. The minimum absolute atomic E-state index is 0.261. The molecule has 0 saturated heterocycles. The number of hydrogen-bond acceptors (Lipinski definition) is 4.